The molecule has 1 saturated heterocycles. The summed E-state index contributed by atoms with van der Waals surface area (Å²) in [6.45, 7) is 1.55. The van der Waals surface area contributed by atoms with Crippen LogP contribution in [0.5, 0.6) is 0 Å². The number of amides is 1. The molecule has 1 aromatic heterocycles. The Hall–Kier alpha value is -2.56. The molecule has 0 unspecified atom stereocenters. The molecule has 4 N–H and O–H groups in total. The molecule has 1 amide bonds. The molecule has 1 aliphatic rings. The van der Waals surface area contributed by atoms with E-state index in [-0.39, 0.29) is 5.91 Å². The Morgan fingerprint density at radius 3 is 2.43 bits per heavy atom. The summed E-state index contributed by atoms with van der Waals surface area (Å²) >= 11 is 0. The minimum atomic E-state index is -0.0575. The first-order valence-electron chi connectivity index (χ1n) is 7.07. The van der Waals surface area contributed by atoms with E-state index in [2.05, 4.69) is 4.98 Å². The Kier molecular flexibility index (Phi) is 3.48. The van der Waals surface area contributed by atoms with Gasteiger partial charge in [-0.05, 0) is 18.4 Å². The van der Waals surface area contributed by atoms with Crippen LogP contribution in [0.2, 0.25) is 0 Å². The predicted octanol–water partition coefficient (Wildman–Crippen LogP) is 2.15. The van der Waals surface area contributed by atoms with Crippen LogP contribution >= 0.6 is 0 Å². The van der Waals surface area contributed by atoms with Crippen LogP contribution in [0, 0.1) is 0 Å². The van der Waals surface area contributed by atoms with Crippen LogP contribution < -0.4 is 11.5 Å². The minimum Gasteiger partial charge on any atom is -0.397 e. The fourth-order valence-corrected chi connectivity index (χ4v) is 2.75. The molecule has 0 spiro atoms. The molecule has 0 radical (unpaired) electrons. The van der Waals surface area contributed by atoms with E-state index in [9.17, 15) is 4.79 Å². The maximum absolute atomic E-state index is 12.8. The number of hydrogen-bond donors (Lipinski definition) is 2. The molecule has 5 nitrogen and oxygen atoms in total. The topological polar surface area (TPSA) is 85.2 Å². The summed E-state index contributed by atoms with van der Waals surface area (Å²) in [5.74, 6) is 0.274. The monoisotopic (exact) mass is 282 g/mol. The van der Waals surface area contributed by atoms with E-state index >= 15 is 0 Å². The highest BCUT2D eigenvalue weighted by Crippen LogP contribution is 2.33. The number of rotatable bonds is 2. The van der Waals surface area contributed by atoms with Crippen molar-refractivity contribution in [3.05, 3.63) is 42.1 Å². The zero-order valence-electron chi connectivity index (χ0n) is 11.7. The third-order valence-corrected chi connectivity index (χ3v) is 3.81. The SMILES string of the molecule is Nc1cnc(N)c(-c2ccccc2)c1C(=O)N1CCCC1. The van der Waals surface area contributed by atoms with E-state index < -0.39 is 0 Å². The average Bonchev–Trinajstić information content (AvgIpc) is 3.04. The van der Waals surface area contributed by atoms with Crippen LogP contribution in [0.25, 0.3) is 11.1 Å². The molecule has 0 saturated carbocycles. The van der Waals surface area contributed by atoms with Crippen molar-refractivity contribution in [2.75, 3.05) is 24.6 Å². The van der Waals surface area contributed by atoms with Crippen molar-refractivity contribution in [1.82, 2.24) is 9.88 Å². The molecule has 0 atom stereocenters. The molecule has 21 heavy (non-hydrogen) atoms. The van der Waals surface area contributed by atoms with Crippen LogP contribution in [0.15, 0.2) is 36.5 Å². The fourth-order valence-electron chi connectivity index (χ4n) is 2.75. The number of nitrogen functional groups attached to an aromatic ring is 2. The molecule has 0 aliphatic carbocycles. The summed E-state index contributed by atoms with van der Waals surface area (Å²) in [5, 5.41) is 0. The molecule has 2 aromatic rings. The van der Waals surface area contributed by atoms with Gasteiger partial charge in [0, 0.05) is 18.7 Å². The summed E-state index contributed by atoms with van der Waals surface area (Å²) < 4.78 is 0. The van der Waals surface area contributed by atoms with Crippen molar-refractivity contribution in [1.29, 1.82) is 0 Å². The van der Waals surface area contributed by atoms with E-state index in [0.29, 0.717) is 22.6 Å². The van der Waals surface area contributed by atoms with Gasteiger partial charge in [-0.25, -0.2) is 4.98 Å². The summed E-state index contributed by atoms with van der Waals surface area (Å²) in [6, 6.07) is 9.55. The van der Waals surface area contributed by atoms with Crippen molar-refractivity contribution in [3.63, 3.8) is 0 Å². The van der Waals surface area contributed by atoms with Gasteiger partial charge in [-0.1, -0.05) is 30.3 Å². The number of pyridine rings is 1. The lowest BCUT2D eigenvalue weighted by atomic mass is 9.98. The maximum atomic E-state index is 12.8. The van der Waals surface area contributed by atoms with Gasteiger partial charge in [0.2, 0.25) is 0 Å². The smallest absolute Gasteiger partial charge is 0.256 e. The minimum absolute atomic E-state index is 0.0575. The van der Waals surface area contributed by atoms with Crippen LogP contribution in [-0.2, 0) is 0 Å². The second-order valence-corrected chi connectivity index (χ2v) is 5.21. The van der Waals surface area contributed by atoms with Gasteiger partial charge in [0.25, 0.3) is 5.91 Å². The number of aromatic nitrogens is 1. The second kappa shape index (κ2) is 5.44. The highest BCUT2D eigenvalue weighted by Gasteiger charge is 2.26. The third kappa shape index (κ3) is 2.42. The average molecular weight is 282 g/mol. The van der Waals surface area contributed by atoms with Crippen LogP contribution in [0.1, 0.15) is 23.2 Å². The van der Waals surface area contributed by atoms with Gasteiger partial charge in [-0.3, -0.25) is 4.79 Å². The number of carbonyl (C=O) groups excluding carboxylic acids is 1. The lowest BCUT2D eigenvalue weighted by Gasteiger charge is -2.20. The van der Waals surface area contributed by atoms with Crippen LogP contribution in [0.3, 0.4) is 0 Å². The van der Waals surface area contributed by atoms with Crippen molar-refractivity contribution in [3.8, 4) is 11.1 Å². The summed E-state index contributed by atoms with van der Waals surface area (Å²) in [7, 11) is 0. The van der Waals surface area contributed by atoms with Gasteiger partial charge in [-0.15, -0.1) is 0 Å². The Morgan fingerprint density at radius 1 is 1.10 bits per heavy atom. The number of anilines is 2. The highest BCUT2D eigenvalue weighted by atomic mass is 16.2. The van der Waals surface area contributed by atoms with Crippen molar-refractivity contribution in [2.45, 2.75) is 12.8 Å². The summed E-state index contributed by atoms with van der Waals surface area (Å²) in [5.41, 5.74) is 14.4. The molecule has 108 valence electrons. The lowest BCUT2D eigenvalue weighted by Crippen LogP contribution is -2.29. The Balaban J connectivity index is 2.15. The Bertz CT molecular complexity index is 663. The van der Waals surface area contributed by atoms with Gasteiger partial charge in [-0.2, -0.15) is 0 Å². The van der Waals surface area contributed by atoms with Gasteiger partial charge in [0.15, 0.2) is 0 Å². The number of benzene rings is 1. The highest BCUT2D eigenvalue weighted by molar-refractivity contribution is 6.07. The quantitative estimate of drug-likeness (QED) is 0.883. The molecule has 2 heterocycles. The van der Waals surface area contributed by atoms with Crippen molar-refractivity contribution in [2.24, 2.45) is 0 Å². The number of nitrogens with two attached hydrogens (primary N) is 2. The van der Waals surface area contributed by atoms with Gasteiger partial charge in [0.05, 0.1) is 17.4 Å². The maximum Gasteiger partial charge on any atom is 0.256 e. The van der Waals surface area contributed by atoms with Gasteiger partial charge < -0.3 is 16.4 Å². The molecular formula is C16H18N4O. The van der Waals surface area contributed by atoms with Crippen molar-refractivity contribution >= 4 is 17.4 Å². The first-order chi connectivity index (χ1) is 10.2. The van der Waals surface area contributed by atoms with E-state index in [1.54, 1.807) is 0 Å². The van der Waals surface area contributed by atoms with Crippen LogP contribution in [0.4, 0.5) is 11.5 Å². The van der Waals surface area contributed by atoms with E-state index in [0.717, 1.165) is 31.5 Å². The van der Waals surface area contributed by atoms with E-state index in [1.807, 2.05) is 35.2 Å². The van der Waals surface area contributed by atoms with E-state index in [4.69, 9.17) is 11.5 Å². The molecular weight excluding hydrogens is 264 g/mol. The molecule has 5 heteroatoms. The normalized spacial score (nSPS) is 14.4. The zero-order chi connectivity index (χ0) is 14.8. The summed E-state index contributed by atoms with van der Waals surface area (Å²) in [4.78, 5) is 18.7. The molecule has 3 rings (SSSR count). The van der Waals surface area contributed by atoms with Gasteiger partial charge >= 0.3 is 0 Å². The molecule has 1 fully saturated rings. The third-order valence-electron chi connectivity index (χ3n) is 3.81. The Labute approximate surface area is 123 Å². The van der Waals surface area contributed by atoms with Crippen molar-refractivity contribution < 1.29 is 4.79 Å². The first kappa shape index (κ1) is 13.4. The van der Waals surface area contributed by atoms with Crippen LogP contribution in [-0.4, -0.2) is 28.9 Å². The number of carbonyl (C=O) groups is 1. The zero-order valence-corrected chi connectivity index (χ0v) is 11.7. The fraction of sp³-hybridized carbons (Fsp3) is 0.250. The largest absolute Gasteiger partial charge is 0.397 e. The number of hydrogen-bond acceptors (Lipinski definition) is 4. The first-order valence-corrected chi connectivity index (χ1v) is 7.07. The number of nitrogens with zero attached hydrogens (tertiary/aromatic N) is 2. The van der Waals surface area contributed by atoms with E-state index in [1.165, 1.54) is 6.20 Å². The van der Waals surface area contributed by atoms with Gasteiger partial charge in [0.1, 0.15) is 5.82 Å². The summed E-state index contributed by atoms with van der Waals surface area (Å²) in [6.07, 6.45) is 3.53. The number of likely N-dealkylation sites (tertiary alicyclic amines) is 1. The lowest BCUT2D eigenvalue weighted by molar-refractivity contribution is 0.0794. The molecule has 0 bridgehead atoms. The molecule has 1 aromatic carbocycles. The second-order valence-electron chi connectivity index (χ2n) is 5.21. The predicted molar refractivity (Wildman–Crippen MR) is 83.6 cm³/mol. The standard InChI is InChI=1S/C16H18N4O/c17-12-10-19-15(18)13(11-6-2-1-3-7-11)14(12)16(21)20-8-4-5-9-20/h1-3,6-7,10H,4-5,8-9,17H2,(H2,18,19). The molecule has 1 aliphatic heterocycles. The Morgan fingerprint density at radius 2 is 1.76 bits per heavy atom.